The molecule has 6 rings (SSSR count). The van der Waals surface area contributed by atoms with E-state index in [0.29, 0.717) is 28.9 Å². The van der Waals surface area contributed by atoms with Crippen molar-refractivity contribution in [3.8, 4) is 16.9 Å². The van der Waals surface area contributed by atoms with Gasteiger partial charge in [0.15, 0.2) is 0 Å². The molecule has 1 fully saturated rings. The molecule has 4 aromatic rings. The Labute approximate surface area is 201 Å². The van der Waals surface area contributed by atoms with Crippen LogP contribution in [0.1, 0.15) is 52.5 Å². The third-order valence-electron chi connectivity index (χ3n) is 7.06. The molecule has 2 aromatic carbocycles. The molecule has 0 N–H and O–H groups in total. The van der Waals surface area contributed by atoms with Crippen molar-refractivity contribution < 1.29 is 13.6 Å². The molecule has 1 amide bonds. The normalized spacial score (nSPS) is 19.0. The number of carbonyl (C=O) groups excluding carboxylic acids is 1. The standard InChI is InChI=1S/C26H24F2N6O/c1-15-6-7-22(34-29-8-9-30-34)20(10-15)26(35)33-19-4-3-5-23(33)24-21(14-19)25(32(2)31-24)16-11-17(27)13-18(28)12-16/h6-13,19,23H,3-5,14H2,1-2H3. The highest BCUT2D eigenvalue weighted by Gasteiger charge is 2.44. The third kappa shape index (κ3) is 3.53. The van der Waals surface area contributed by atoms with E-state index in [4.69, 9.17) is 5.10 Å². The molecule has 1 saturated heterocycles. The lowest BCUT2D eigenvalue weighted by atomic mass is 9.81. The topological polar surface area (TPSA) is 68.8 Å². The van der Waals surface area contributed by atoms with Crippen LogP contribution in [0.15, 0.2) is 48.8 Å². The van der Waals surface area contributed by atoms with E-state index >= 15 is 0 Å². The van der Waals surface area contributed by atoms with Crippen LogP contribution in [-0.4, -0.2) is 41.6 Å². The van der Waals surface area contributed by atoms with Crippen molar-refractivity contribution in [2.24, 2.45) is 7.05 Å². The lowest BCUT2D eigenvalue weighted by Crippen LogP contribution is -2.50. The molecular formula is C26H24F2N6O. The number of rotatable bonds is 3. The highest BCUT2D eigenvalue weighted by Crippen LogP contribution is 2.45. The summed E-state index contributed by atoms with van der Waals surface area (Å²) in [6.45, 7) is 1.95. The van der Waals surface area contributed by atoms with Crippen molar-refractivity contribution in [1.29, 1.82) is 0 Å². The van der Waals surface area contributed by atoms with Crippen LogP contribution in [0.5, 0.6) is 0 Å². The molecule has 4 heterocycles. The molecule has 2 bridgehead atoms. The van der Waals surface area contributed by atoms with Gasteiger partial charge in [-0.25, -0.2) is 8.78 Å². The van der Waals surface area contributed by atoms with Crippen molar-refractivity contribution in [2.75, 3.05) is 0 Å². The number of benzene rings is 2. The Balaban J connectivity index is 1.45. The van der Waals surface area contributed by atoms with Crippen LogP contribution >= 0.6 is 0 Å². The summed E-state index contributed by atoms with van der Waals surface area (Å²) in [5.74, 6) is -1.32. The molecule has 7 nitrogen and oxygen atoms in total. The van der Waals surface area contributed by atoms with Crippen LogP contribution in [-0.2, 0) is 13.5 Å². The summed E-state index contributed by atoms with van der Waals surface area (Å²) in [5, 5.41) is 13.2. The number of halogens is 2. The average molecular weight is 475 g/mol. The zero-order valence-corrected chi connectivity index (χ0v) is 19.4. The van der Waals surface area contributed by atoms with Gasteiger partial charge in [0.2, 0.25) is 0 Å². The molecule has 0 aliphatic carbocycles. The van der Waals surface area contributed by atoms with E-state index in [2.05, 4.69) is 10.2 Å². The minimum Gasteiger partial charge on any atom is -0.327 e. The van der Waals surface area contributed by atoms with Crippen LogP contribution in [0.25, 0.3) is 16.9 Å². The summed E-state index contributed by atoms with van der Waals surface area (Å²) in [6, 6.07) is 8.99. The molecule has 0 spiro atoms. The first-order valence-electron chi connectivity index (χ1n) is 11.7. The van der Waals surface area contributed by atoms with Gasteiger partial charge in [-0.05, 0) is 56.9 Å². The smallest absolute Gasteiger partial charge is 0.256 e. The molecule has 35 heavy (non-hydrogen) atoms. The predicted molar refractivity (Wildman–Crippen MR) is 125 cm³/mol. The van der Waals surface area contributed by atoms with Crippen molar-refractivity contribution in [3.05, 3.63) is 82.8 Å². The van der Waals surface area contributed by atoms with Gasteiger partial charge in [-0.1, -0.05) is 11.6 Å². The van der Waals surface area contributed by atoms with E-state index in [1.54, 1.807) is 24.1 Å². The fourth-order valence-corrected chi connectivity index (χ4v) is 5.68. The second-order valence-corrected chi connectivity index (χ2v) is 9.35. The number of hydrogen-bond donors (Lipinski definition) is 0. The molecular weight excluding hydrogens is 450 g/mol. The monoisotopic (exact) mass is 474 g/mol. The largest absolute Gasteiger partial charge is 0.327 e. The number of amides is 1. The number of aryl methyl sites for hydroxylation is 2. The minimum atomic E-state index is -0.623. The summed E-state index contributed by atoms with van der Waals surface area (Å²) < 4.78 is 29.7. The van der Waals surface area contributed by atoms with Gasteiger partial charge in [-0.15, -0.1) is 0 Å². The zero-order valence-electron chi connectivity index (χ0n) is 19.4. The van der Waals surface area contributed by atoms with E-state index < -0.39 is 11.6 Å². The summed E-state index contributed by atoms with van der Waals surface area (Å²) in [6.07, 6.45) is 6.38. The summed E-state index contributed by atoms with van der Waals surface area (Å²) in [4.78, 5) is 17.5. The van der Waals surface area contributed by atoms with Crippen LogP contribution in [0.3, 0.4) is 0 Å². The molecule has 178 valence electrons. The van der Waals surface area contributed by atoms with E-state index in [-0.39, 0.29) is 18.0 Å². The third-order valence-corrected chi connectivity index (χ3v) is 7.06. The van der Waals surface area contributed by atoms with Gasteiger partial charge in [0.1, 0.15) is 11.6 Å². The number of nitrogens with zero attached hydrogens (tertiary/aromatic N) is 6. The van der Waals surface area contributed by atoms with Gasteiger partial charge in [0, 0.05) is 30.3 Å². The number of piperidine rings is 1. The van der Waals surface area contributed by atoms with Crippen LogP contribution in [0.2, 0.25) is 0 Å². The van der Waals surface area contributed by atoms with E-state index in [0.717, 1.165) is 42.1 Å². The van der Waals surface area contributed by atoms with E-state index in [1.807, 2.05) is 30.0 Å². The molecule has 2 aliphatic rings. The van der Waals surface area contributed by atoms with E-state index in [1.165, 1.54) is 16.9 Å². The maximum atomic E-state index is 14.1. The fourth-order valence-electron chi connectivity index (χ4n) is 5.68. The zero-order chi connectivity index (χ0) is 24.3. The molecule has 2 aromatic heterocycles. The lowest BCUT2D eigenvalue weighted by Gasteiger charge is -2.45. The van der Waals surface area contributed by atoms with Gasteiger partial charge in [-0.3, -0.25) is 9.48 Å². The SMILES string of the molecule is Cc1ccc(-n2nccn2)c(C(=O)N2C3CCCC2c2nn(C)c(-c4cc(F)cc(F)c4)c2C3)c1. The second-order valence-electron chi connectivity index (χ2n) is 9.35. The highest BCUT2D eigenvalue weighted by molar-refractivity contribution is 5.98. The first kappa shape index (κ1) is 21.6. The van der Waals surface area contributed by atoms with Crippen molar-refractivity contribution in [1.82, 2.24) is 29.7 Å². The van der Waals surface area contributed by atoms with Crippen molar-refractivity contribution >= 4 is 5.91 Å². The summed E-state index contributed by atoms with van der Waals surface area (Å²) in [7, 11) is 1.79. The highest BCUT2D eigenvalue weighted by atomic mass is 19.1. The Kier molecular flexibility index (Phi) is 5.01. The maximum absolute atomic E-state index is 14.1. The number of hydrogen-bond acceptors (Lipinski definition) is 4. The Bertz CT molecular complexity index is 1420. The van der Waals surface area contributed by atoms with Crippen molar-refractivity contribution in [2.45, 2.75) is 44.7 Å². The Morgan fingerprint density at radius 1 is 1.03 bits per heavy atom. The second kappa shape index (κ2) is 8.11. The molecule has 9 heteroatoms. The molecule has 2 aliphatic heterocycles. The predicted octanol–water partition coefficient (Wildman–Crippen LogP) is 4.55. The van der Waals surface area contributed by atoms with Gasteiger partial charge in [-0.2, -0.15) is 20.1 Å². The Morgan fingerprint density at radius 2 is 1.77 bits per heavy atom. The van der Waals surface area contributed by atoms with Crippen LogP contribution in [0.4, 0.5) is 8.78 Å². The maximum Gasteiger partial charge on any atom is 0.256 e. The average Bonchev–Trinajstić information content (AvgIpc) is 3.45. The summed E-state index contributed by atoms with van der Waals surface area (Å²) in [5.41, 5.74) is 5.09. The molecule has 2 unspecified atom stereocenters. The van der Waals surface area contributed by atoms with E-state index in [9.17, 15) is 13.6 Å². The van der Waals surface area contributed by atoms with Crippen molar-refractivity contribution in [3.63, 3.8) is 0 Å². The van der Waals surface area contributed by atoms with Gasteiger partial charge >= 0.3 is 0 Å². The first-order valence-corrected chi connectivity index (χ1v) is 11.7. The molecule has 0 radical (unpaired) electrons. The van der Waals surface area contributed by atoms with Gasteiger partial charge < -0.3 is 4.90 Å². The summed E-state index contributed by atoms with van der Waals surface area (Å²) >= 11 is 0. The first-order chi connectivity index (χ1) is 16.9. The quantitative estimate of drug-likeness (QED) is 0.437. The Morgan fingerprint density at radius 3 is 2.51 bits per heavy atom. The molecule has 2 atom stereocenters. The number of fused-ring (bicyclic) bond motifs is 4. The fraction of sp³-hybridized carbons (Fsp3) is 0.308. The van der Waals surface area contributed by atoms with Crippen LogP contribution in [0, 0.1) is 18.6 Å². The lowest BCUT2D eigenvalue weighted by molar-refractivity contribution is 0.0391. The Hall–Kier alpha value is -3.88. The minimum absolute atomic E-state index is 0.0333. The molecule has 0 saturated carbocycles. The van der Waals surface area contributed by atoms with Crippen LogP contribution < -0.4 is 0 Å². The number of carbonyl (C=O) groups is 1. The van der Waals surface area contributed by atoms with Gasteiger partial charge in [0.05, 0.1) is 41.1 Å². The van der Waals surface area contributed by atoms with Gasteiger partial charge in [0.25, 0.3) is 5.91 Å². The number of aromatic nitrogens is 5.